The van der Waals surface area contributed by atoms with Gasteiger partial charge in [0, 0.05) is 23.5 Å². The molecule has 3 atom stereocenters. The van der Waals surface area contributed by atoms with Crippen molar-refractivity contribution in [1.82, 2.24) is 20.9 Å². The third-order valence-corrected chi connectivity index (χ3v) is 5.27. The first-order chi connectivity index (χ1) is 16.3. The number of aliphatic hydroxyl groups is 1. The van der Waals surface area contributed by atoms with E-state index in [1.165, 1.54) is 0 Å². The van der Waals surface area contributed by atoms with E-state index in [0.29, 0.717) is 19.4 Å². The van der Waals surface area contributed by atoms with Gasteiger partial charge in [0.05, 0.1) is 13.2 Å². The topological polar surface area (TPSA) is 213 Å². The van der Waals surface area contributed by atoms with E-state index in [4.69, 9.17) is 16.6 Å². The molecule has 1 aromatic carbocycles. The quantitative estimate of drug-likeness (QED) is 0.147. The van der Waals surface area contributed by atoms with Crippen LogP contribution >= 0.6 is 0 Å². The first-order valence-corrected chi connectivity index (χ1v) is 11.0. The Labute approximate surface area is 196 Å². The maximum Gasteiger partial charge on any atom is 0.326 e. The molecule has 0 aliphatic heterocycles. The number of nitrogens with one attached hydrogen (secondary N) is 4. The molecule has 0 radical (unpaired) electrons. The van der Waals surface area contributed by atoms with Gasteiger partial charge in [-0.2, -0.15) is 0 Å². The average Bonchev–Trinajstić information content (AvgIpc) is 3.23. The van der Waals surface area contributed by atoms with Gasteiger partial charge < -0.3 is 42.6 Å². The van der Waals surface area contributed by atoms with Gasteiger partial charge in [-0.05, 0) is 37.4 Å². The van der Waals surface area contributed by atoms with E-state index in [2.05, 4.69) is 20.9 Å². The summed E-state index contributed by atoms with van der Waals surface area (Å²) in [7, 11) is 0. The van der Waals surface area contributed by atoms with Crippen molar-refractivity contribution in [3.63, 3.8) is 0 Å². The summed E-state index contributed by atoms with van der Waals surface area (Å²) in [5.41, 5.74) is 12.5. The number of H-pyrrole nitrogens is 1. The number of unbranched alkanes of at least 4 members (excludes halogenated alkanes) is 1. The van der Waals surface area contributed by atoms with Crippen molar-refractivity contribution in [2.24, 2.45) is 11.5 Å². The first kappa shape index (κ1) is 26.8. The molecule has 0 saturated heterocycles. The van der Waals surface area contributed by atoms with Crippen LogP contribution in [0.1, 0.15) is 24.8 Å². The van der Waals surface area contributed by atoms with Crippen LogP contribution in [0.25, 0.3) is 10.9 Å². The molecule has 1 aromatic heterocycles. The summed E-state index contributed by atoms with van der Waals surface area (Å²) in [5, 5.41) is 26.7. The lowest BCUT2D eigenvalue weighted by Crippen LogP contribution is -2.54. The molecule has 0 saturated carbocycles. The summed E-state index contributed by atoms with van der Waals surface area (Å²) in [6.07, 6.45) is 3.12. The SMILES string of the molecule is NCCCCC(NC(=O)CNC(=O)C(N)CO)C(=O)NC(Cc1c[nH]c2ccccc12)C(=O)O. The van der Waals surface area contributed by atoms with E-state index in [-0.39, 0.29) is 12.8 Å². The molecule has 1 heterocycles. The molecule has 3 unspecified atom stereocenters. The van der Waals surface area contributed by atoms with E-state index < -0.39 is 55.0 Å². The number of carbonyl (C=O) groups excluding carboxylic acids is 3. The van der Waals surface area contributed by atoms with E-state index in [0.717, 1.165) is 16.5 Å². The number of nitrogens with two attached hydrogens (primary N) is 2. The Morgan fingerprint density at radius 3 is 2.44 bits per heavy atom. The van der Waals surface area contributed by atoms with Crippen LogP contribution in [0.4, 0.5) is 0 Å². The zero-order valence-corrected chi connectivity index (χ0v) is 18.8. The number of para-hydroxylation sites is 1. The number of amides is 3. The lowest BCUT2D eigenvalue weighted by molar-refractivity contribution is -0.142. The van der Waals surface area contributed by atoms with Crippen LogP contribution in [0.2, 0.25) is 0 Å². The van der Waals surface area contributed by atoms with Crippen molar-refractivity contribution in [1.29, 1.82) is 0 Å². The second-order valence-corrected chi connectivity index (χ2v) is 7.87. The second kappa shape index (κ2) is 13.3. The average molecular weight is 477 g/mol. The molecule has 12 heteroatoms. The van der Waals surface area contributed by atoms with Gasteiger partial charge in [0.1, 0.15) is 18.1 Å². The minimum absolute atomic E-state index is 0.0453. The van der Waals surface area contributed by atoms with Crippen LogP contribution in [-0.4, -0.2) is 76.7 Å². The number of carboxylic acids is 1. The molecular formula is C22H32N6O6. The van der Waals surface area contributed by atoms with Gasteiger partial charge in [0.15, 0.2) is 0 Å². The number of carboxylic acid groups (broad SMARTS) is 1. The largest absolute Gasteiger partial charge is 0.480 e. The number of hydrogen-bond acceptors (Lipinski definition) is 7. The predicted molar refractivity (Wildman–Crippen MR) is 124 cm³/mol. The van der Waals surface area contributed by atoms with Gasteiger partial charge in [0.2, 0.25) is 17.7 Å². The summed E-state index contributed by atoms with van der Waals surface area (Å²) in [5.74, 6) is -3.24. The molecule has 0 aliphatic carbocycles. The molecule has 0 fully saturated rings. The lowest BCUT2D eigenvalue weighted by atomic mass is 10.0. The summed E-state index contributed by atoms with van der Waals surface area (Å²) in [4.78, 5) is 51.7. The number of aromatic amines is 1. The molecule has 2 rings (SSSR count). The third-order valence-electron chi connectivity index (χ3n) is 5.27. The van der Waals surface area contributed by atoms with Crippen molar-refractivity contribution in [2.45, 2.75) is 43.8 Å². The monoisotopic (exact) mass is 476 g/mol. The highest BCUT2D eigenvalue weighted by molar-refractivity contribution is 5.93. The Balaban J connectivity index is 2.05. The number of hydrogen-bond donors (Lipinski definition) is 8. The smallest absolute Gasteiger partial charge is 0.326 e. The minimum Gasteiger partial charge on any atom is -0.480 e. The normalized spacial score (nSPS) is 13.6. The zero-order valence-electron chi connectivity index (χ0n) is 18.8. The fourth-order valence-corrected chi connectivity index (χ4v) is 3.38. The van der Waals surface area contributed by atoms with Gasteiger partial charge in [0.25, 0.3) is 0 Å². The molecule has 0 aliphatic rings. The minimum atomic E-state index is -1.22. The van der Waals surface area contributed by atoms with Crippen molar-refractivity contribution < 1.29 is 29.4 Å². The molecule has 3 amide bonds. The zero-order chi connectivity index (χ0) is 25.1. The Morgan fingerprint density at radius 2 is 1.76 bits per heavy atom. The van der Waals surface area contributed by atoms with E-state index in [1.807, 2.05) is 24.3 Å². The number of aliphatic carboxylic acids is 1. The fourth-order valence-electron chi connectivity index (χ4n) is 3.38. The standard InChI is InChI=1S/C22H32N6O6/c23-8-4-3-7-17(27-19(30)11-26-20(31)15(24)12-29)21(32)28-18(22(33)34)9-13-10-25-16-6-2-1-5-14(13)16/h1-2,5-6,10,15,17-18,25,29H,3-4,7-9,11-12,23-24H2,(H,26,31)(H,27,30)(H,28,32)(H,33,34). The van der Waals surface area contributed by atoms with Gasteiger partial charge in [-0.3, -0.25) is 14.4 Å². The van der Waals surface area contributed by atoms with Crippen molar-refractivity contribution in [3.05, 3.63) is 36.0 Å². The van der Waals surface area contributed by atoms with Crippen LogP contribution in [-0.2, 0) is 25.6 Å². The van der Waals surface area contributed by atoms with E-state index in [9.17, 15) is 24.3 Å². The molecule has 0 spiro atoms. The lowest BCUT2D eigenvalue weighted by Gasteiger charge is -2.22. The summed E-state index contributed by atoms with van der Waals surface area (Å²) < 4.78 is 0. The highest BCUT2D eigenvalue weighted by Crippen LogP contribution is 2.19. The highest BCUT2D eigenvalue weighted by Gasteiger charge is 2.27. The predicted octanol–water partition coefficient (Wildman–Crippen LogP) is -1.67. The molecule has 12 nitrogen and oxygen atoms in total. The van der Waals surface area contributed by atoms with Crippen molar-refractivity contribution in [2.75, 3.05) is 19.7 Å². The maximum absolute atomic E-state index is 12.9. The Kier molecular flexibility index (Phi) is 10.5. The molecule has 0 bridgehead atoms. The van der Waals surface area contributed by atoms with Gasteiger partial charge >= 0.3 is 5.97 Å². The Morgan fingerprint density at radius 1 is 1.03 bits per heavy atom. The molecule has 186 valence electrons. The molecule has 2 aromatic rings. The van der Waals surface area contributed by atoms with E-state index >= 15 is 0 Å². The summed E-state index contributed by atoms with van der Waals surface area (Å²) in [6.45, 7) is -0.634. The van der Waals surface area contributed by atoms with Crippen molar-refractivity contribution >= 4 is 34.6 Å². The van der Waals surface area contributed by atoms with Crippen LogP contribution in [0.5, 0.6) is 0 Å². The van der Waals surface area contributed by atoms with Gasteiger partial charge in [-0.25, -0.2) is 4.79 Å². The second-order valence-electron chi connectivity index (χ2n) is 7.87. The molecule has 10 N–H and O–H groups in total. The Hall–Kier alpha value is -3.48. The number of aliphatic hydroxyl groups excluding tert-OH is 1. The molecular weight excluding hydrogens is 444 g/mol. The number of carbonyl (C=O) groups is 4. The summed E-state index contributed by atoms with van der Waals surface area (Å²) >= 11 is 0. The van der Waals surface area contributed by atoms with Gasteiger partial charge in [-0.15, -0.1) is 0 Å². The number of benzene rings is 1. The van der Waals surface area contributed by atoms with E-state index in [1.54, 1.807) is 6.20 Å². The first-order valence-electron chi connectivity index (χ1n) is 11.0. The van der Waals surface area contributed by atoms with Crippen molar-refractivity contribution in [3.8, 4) is 0 Å². The number of aromatic nitrogens is 1. The third kappa shape index (κ3) is 7.83. The fraction of sp³-hybridized carbons (Fsp3) is 0.455. The number of fused-ring (bicyclic) bond motifs is 1. The maximum atomic E-state index is 12.9. The molecule has 34 heavy (non-hydrogen) atoms. The van der Waals surface area contributed by atoms with Crippen LogP contribution < -0.4 is 27.4 Å². The highest BCUT2D eigenvalue weighted by atomic mass is 16.4. The summed E-state index contributed by atoms with van der Waals surface area (Å²) in [6, 6.07) is 4.00. The number of rotatable bonds is 14. The van der Waals surface area contributed by atoms with Gasteiger partial charge in [-0.1, -0.05) is 18.2 Å². The van der Waals surface area contributed by atoms with Crippen LogP contribution in [0.15, 0.2) is 30.5 Å². The van der Waals surface area contributed by atoms with Crippen LogP contribution in [0.3, 0.4) is 0 Å². The Bertz CT molecular complexity index is 993. The van der Waals surface area contributed by atoms with Crippen LogP contribution in [0, 0.1) is 0 Å².